The minimum atomic E-state index is -0.480. The number of nitrogens with one attached hydrogen (secondary N) is 2. The maximum Gasteiger partial charge on any atom is 0.406 e. The number of rotatable bonds is 6. The smallest absolute Gasteiger partial charge is 0.406 e. The van der Waals surface area contributed by atoms with Gasteiger partial charge >= 0.3 is 6.09 Å². The topological polar surface area (TPSA) is 59.6 Å². The molecule has 0 bridgehead atoms. The van der Waals surface area contributed by atoms with Crippen molar-refractivity contribution >= 4 is 6.09 Å². The van der Waals surface area contributed by atoms with E-state index in [4.69, 9.17) is 4.74 Å². The largest absolute Gasteiger partial charge is 0.453 e. The Balaban J connectivity index is 2.05. The lowest BCUT2D eigenvalue weighted by Gasteiger charge is -2.32. The standard InChI is InChI=1S/C17H25FN2O3/c1-12-5-6-14(18)10-15(12)16(13-4-3-7-19-11-13)23-9-8-20-17(21)22-2/h5-6,10,13,16,19H,3-4,7-9,11H2,1-2H3,(H,20,21)/t13-,16-/m1/s1. The van der Waals surface area contributed by atoms with Crippen LogP contribution in [-0.4, -0.2) is 39.4 Å². The van der Waals surface area contributed by atoms with Crippen LogP contribution >= 0.6 is 0 Å². The molecule has 0 unspecified atom stereocenters. The third kappa shape index (κ3) is 5.18. The summed E-state index contributed by atoms with van der Waals surface area (Å²) in [6, 6.07) is 4.81. The molecule has 1 saturated heterocycles. The van der Waals surface area contributed by atoms with Crippen LogP contribution in [0.25, 0.3) is 0 Å². The Labute approximate surface area is 136 Å². The average molecular weight is 324 g/mol. The number of halogens is 1. The van der Waals surface area contributed by atoms with Gasteiger partial charge in [0.1, 0.15) is 5.82 Å². The fourth-order valence-electron chi connectivity index (χ4n) is 2.95. The van der Waals surface area contributed by atoms with Crippen LogP contribution in [0.5, 0.6) is 0 Å². The Morgan fingerprint density at radius 1 is 1.52 bits per heavy atom. The van der Waals surface area contributed by atoms with Crippen molar-refractivity contribution in [2.45, 2.75) is 25.9 Å². The van der Waals surface area contributed by atoms with Crippen LogP contribution in [0.2, 0.25) is 0 Å². The second-order valence-corrected chi connectivity index (χ2v) is 5.82. The molecule has 1 aromatic carbocycles. The van der Waals surface area contributed by atoms with Gasteiger partial charge in [0.05, 0.1) is 19.8 Å². The maximum absolute atomic E-state index is 13.7. The van der Waals surface area contributed by atoms with E-state index in [0.717, 1.165) is 37.1 Å². The second kappa shape index (κ2) is 8.84. The van der Waals surface area contributed by atoms with Crippen LogP contribution in [0.15, 0.2) is 18.2 Å². The lowest BCUT2D eigenvalue weighted by Crippen LogP contribution is -2.35. The van der Waals surface area contributed by atoms with Crippen molar-refractivity contribution in [2.24, 2.45) is 5.92 Å². The van der Waals surface area contributed by atoms with E-state index < -0.39 is 6.09 Å². The summed E-state index contributed by atoms with van der Waals surface area (Å²) in [5, 5.41) is 5.97. The first-order valence-electron chi connectivity index (χ1n) is 8.02. The number of piperidine rings is 1. The van der Waals surface area contributed by atoms with Crippen LogP contribution < -0.4 is 10.6 Å². The number of ether oxygens (including phenoxy) is 2. The minimum Gasteiger partial charge on any atom is -0.453 e. The molecule has 23 heavy (non-hydrogen) atoms. The molecule has 1 aliphatic rings. The van der Waals surface area contributed by atoms with Crippen molar-refractivity contribution in [2.75, 3.05) is 33.4 Å². The lowest BCUT2D eigenvalue weighted by atomic mass is 9.87. The zero-order chi connectivity index (χ0) is 16.7. The van der Waals surface area contributed by atoms with E-state index in [1.165, 1.54) is 13.2 Å². The molecule has 0 saturated carbocycles. The lowest BCUT2D eigenvalue weighted by molar-refractivity contribution is 0.00419. The summed E-state index contributed by atoms with van der Waals surface area (Å²) < 4.78 is 24.2. The second-order valence-electron chi connectivity index (χ2n) is 5.82. The van der Waals surface area contributed by atoms with Gasteiger partial charge in [-0.15, -0.1) is 0 Å². The Bertz CT molecular complexity index is 519. The van der Waals surface area contributed by atoms with E-state index in [0.29, 0.717) is 19.1 Å². The molecule has 1 aromatic rings. The molecule has 1 fully saturated rings. The van der Waals surface area contributed by atoms with Crippen LogP contribution in [0.1, 0.15) is 30.1 Å². The molecule has 1 amide bonds. The molecule has 0 spiro atoms. The molecule has 2 atom stereocenters. The predicted octanol–water partition coefficient (Wildman–Crippen LogP) is 2.55. The van der Waals surface area contributed by atoms with Crippen molar-refractivity contribution in [3.05, 3.63) is 35.1 Å². The Kier molecular flexibility index (Phi) is 6.80. The zero-order valence-corrected chi connectivity index (χ0v) is 13.7. The molecule has 0 aromatic heterocycles. The number of aryl methyl sites for hydroxylation is 1. The Morgan fingerprint density at radius 2 is 2.35 bits per heavy atom. The summed E-state index contributed by atoms with van der Waals surface area (Å²) in [5.41, 5.74) is 1.90. The Morgan fingerprint density at radius 3 is 3.04 bits per heavy atom. The third-order valence-corrected chi connectivity index (χ3v) is 4.17. The normalized spacial score (nSPS) is 19.2. The molecular formula is C17H25FN2O3. The van der Waals surface area contributed by atoms with E-state index in [9.17, 15) is 9.18 Å². The van der Waals surface area contributed by atoms with Gasteiger partial charge in [-0.3, -0.25) is 0 Å². The maximum atomic E-state index is 13.7. The first-order chi connectivity index (χ1) is 11.1. The van der Waals surface area contributed by atoms with Crippen LogP contribution in [0, 0.1) is 18.7 Å². The monoisotopic (exact) mass is 324 g/mol. The van der Waals surface area contributed by atoms with Gasteiger partial charge in [0.2, 0.25) is 0 Å². The average Bonchev–Trinajstić information content (AvgIpc) is 2.58. The van der Waals surface area contributed by atoms with E-state index in [2.05, 4.69) is 15.4 Å². The quantitative estimate of drug-likeness (QED) is 0.790. The first kappa shape index (κ1) is 17.7. The van der Waals surface area contributed by atoms with Gasteiger partial charge in [-0.1, -0.05) is 6.07 Å². The number of methoxy groups -OCH3 is 1. The summed E-state index contributed by atoms with van der Waals surface area (Å²) >= 11 is 0. The fourth-order valence-corrected chi connectivity index (χ4v) is 2.95. The molecule has 5 nitrogen and oxygen atoms in total. The molecule has 2 N–H and O–H groups in total. The Hall–Kier alpha value is -1.66. The van der Waals surface area contributed by atoms with Crippen molar-refractivity contribution in [1.82, 2.24) is 10.6 Å². The highest BCUT2D eigenvalue weighted by Crippen LogP contribution is 2.32. The summed E-state index contributed by atoms with van der Waals surface area (Å²) in [6.45, 7) is 4.54. The fraction of sp³-hybridized carbons (Fsp3) is 0.588. The van der Waals surface area contributed by atoms with E-state index in [1.54, 1.807) is 12.1 Å². The third-order valence-electron chi connectivity index (χ3n) is 4.17. The summed E-state index contributed by atoms with van der Waals surface area (Å²) in [6.07, 6.45) is 1.46. The van der Waals surface area contributed by atoms with E-state index in [-0.39, 0.29) is 11.9 Å². The van der Waals surface area contributed by atoms with Crippen molar-refractivity contribution in [3.8, 4) is 0 Å². The molecule has 0 aliphatic carbocycles. The molecule has 128 valence electrons. The number of hydrogen-bond donors (Lipinski definition) is 2. The van der Waals surface area contributed by atoms with Gasteiger partial charge < -0.3 is 20.1 Å². The van der Waals surface area contributed by atoms with E-state index >= 15 is 0 Å². The number of amides is 1. The summed E-state index contributed by atoms with van der Waals surface area (Å²) in [4.78, 5) is 11.1. The highest BCUT2D eigenvalue weighted by molar-refractivity contribution is 5.66. The molecular weight excluding hydrogens is 299 g/mol. The van der Waals surface area contributed by atoms with Crippen LogP contribution in [-0.2, 0) is 9.47 Å². The molecule has 6 heteroatoms. The molecule has 2 rings (SSSR count). The van der Waals surface area contributed by atoms with Gasteiger partial charge in [-0.25, -0.2) is 9.18 Å². The molecule has 1 aliphatic heterocycles. The van der Waals surface area contributed by atoms with Gasteiger partial charge in [0.25, 0.3) is 0 Å². The van der Waals surface area contributed by atoms with Gasteiger partial charge in [0.15, 0.2) is 0 Å². The first-order valence-corrected chi connectivity index (χ1v) is 8.02. The minimum absolute atomic E-state index is 0.182. The zero-order valence-electron chi connectivity index (χ0n) is 13.7. The van der Waals surface area contributed by atoms with Crippen LogP contribution in [0.3, 0.4) is 0 Å². The summed E-state index contributed by atoms with van der Waals surface area (Å²) in [5.74, 6) is 0.0398. The number of carbonyl (C=O) groups is 1. The highest BCUT2D eigenvalue weighted by atomic mass is 19.1. The number of benzene rings is 1. The molecule has 1 heterocycles. The number of carbonyl (C=O) groups excluding carboxylic acids is 1. The van der Waals surface area contributed by atoms with Crippen molar-refractivity contribution in [3.63, 3.8) is 0 Å². The van der Waals surface area contributed by atoms with Gasteiger partial charge in [0, 0.05) is 19.0 Å². The molecule has 0 radical (unpaired) electrons. The van der Waals surface area contributed by atoms with Crippen molar-refractivity contribution in [1.29, 1.82) is 0 Å². The van der Waals surface area contributed by atoms with Crippen molar-refractivity contribution < 1.29 is 18.7 Å². The SMILES string of the molecule is COC(=O)NCCO[C@@H](c1cc(F)ccc1C)[C@@H]1CCCNC1. The number of hydrogen-bond acceptors (Lipinski definition) is 4. The van der Waals surface area contributed by atoms with Gasteiger partial charge in [-0.05, 0) is 49.6 Å². The summed E-state index contributed by atoms with van der Waals surface area (Å²) in [7, 11) is 1.32. The highest BCUT2D eigenvalue weighted by Gasteiger charge is 2.27. The van der Waals surface area contributed by atoms with E-state index in [1.807, 2.05) is 6.92 Å². The van der Waals surface area contributed by atoms with Gasteiger partial charge in [-0.2, -0.15) is 0 Å². The number of alkyl carbamates (subject to hydrolysis) is 1. The predicted molar refractivity (Wildman–Crippen MR) is 85.8 cm³/mol. The van der Waals surface area contributed by atoms with Crippen LogP contribution in [0.4, 0.5) is 9.18 Å².